The Labute approximate surface area is 209 Å². The van der Waals surface area contributed by atoms with Gasteiger partial charge in [0, 0.05) is 13.2 Å². The van der Waals surface area contributed by atoms with Gasteiger partial charge in [-0.15, -0.1) is 0 Å². The van der Waals surface area contributed by atoms with Gasteiger partial charge in [0.2, 0.25) is 0 Å². The zero-order chi connectivity index (χ0) is 24.7. The quantitative estimate of drug-likeness (QED) is 0.132. The molecular formula is C27H52NO5P. The van der Waals surface area contributed by atoms with E-state index >= 15 is 0 Å². The number of quaternary nitrogens is 1. The molecule has 4 fully saturated rings. The van der Waals surface area contributed by atoms with Crippen molar-refractivity contribution >= 4 is 7.82 Å². The number of rotatable bonds is 18. The summed E-state index contributed by atoms with van der Waals surface area (Å²) in [5.41, 5.74) is 0.666. The van der Waals surface area contributed by atoms with Gasteiger partial charge in [-0.05, 0) is 80.5 Å². The predicted molar refractivity (Wildman–Crippen MR) is 135 cm³/mol. The van der Waals surface area contributed by atoms with Crippen LogP contribution in [0.5, 0.6) is 0 Å². The number of nitrogens with zero attached hydrogens (tertiary/aromatic N) is 1. The molecule has 0 saturated heterocycles. The highest BCUT2D eigenvalue weighted by atomic mass is 31.2. The summed E-state index contributed by atoms with van der Waals surface area (Å²) in [6.07, 6.45) is 17.6. The molecule has 4 bridgehead atoms. The Morgan fingerprint density at radius 2 is 1.38 bits per heavy atom. The first-order valence-electron chi connectivity index (χ1n) is 14.0. The average molecular weight is 502 g/mol. The molecule has 200 valence electrons. The number of ether oxygens (including phenoxy) is 1. The summed E-state index contributed by atoms with van der Waals surface area (Å²) in [6.45, 7) is 5.11. The standard InChI is InChI=1S/C27H52NO5P/c1-5-6-7-8-9-10-14-31-15-11-26-19-24-18-25(20-26)22-27(21-24,23-26)12-16-32-34(29,30)33-17-13-28(2,3)4/h24-25H,5-23H2,1-4H3. The first-order valence-corrected chi connectivity index (χ1v) is 15.5. The summed E-state index contributed by atoms with van der Waals surface area (Å²) in [4.78, 5) is 12.2. The van der Waals surface area contributed by atoms with Crippen molar-refractivity contribution in [3.05, 3.63) is 0 Å². The van der Waals surface area contributed by atoms with Gasteiger partial charge in [0.05, 0.1) is 27.7 Å². The molecule has 4 saturated carbocycles. The van der Waals surface area contributed by atoms with Gasteiger partial charge in [0.1, 0.15) is 13.2 Å². The van der Waals surface area contributed by atoms with Crippen molar-refractivity contribution < 1.29 is 27.7 Å². The molecule has 34 heavy (non-hydrogen) atoms. The van der Waals surface area contributed by atoms with Crippen LogP contribution in [0.2, 0.25) is 0 Å². The van der Waals surface area contributed by atoms with Crippen molar-refractivity contribution in [3.63, 3.8) is 0 Å². The van der Waals surface area contributed by atoms with E-state index in [1.807, 2.05) is 21.1 Å². The van der Waals surface area contributed by atoms with Gasteiger partial charge >= 0.3 is 0 Å². The van der Waals surface area contributed by atoms with Crippen molar-refractivity contribution in [2.75, 3.05) is 54.1 Å². The lowest BCUT2D eigenvalue weighted by Gasteiger charge is -2.62. The summed E-state index contributed by atoms with van der Waals surface area (Å²) in [5.74, 6) is 1.61. The highest BCUT2D eigenvalue weighted by Crippen LogP contribution is 2.67. The molecule has 0 heterocycles. The Morgan fingerprint density at radius 1 is 0.824 bits per heavy atom. The van der Waals surface area contributed by atoms with Gasteiger partial charge in [-0.1, -0.05) is 39.0 Å². The fraction of sp³-hybridized carbons (Fsp3) is 1.00. The maximum absolute atomic E-state index is 12.2. The van der Waals surface area contributed by atoms with Crippen LogP contribution in [-0.2, 0) is 18.3 Å². The second-order valence-electron chi connectivity index (χ2n) is 13.0. The van der Waals surface area contributed by atoms with Gasteiger partial charge in [-0.25, -0.2) is 0 Å². The minimum Gasteiger partial charge on any atom is -0.756 e. The Morgan fingerprint density at radius 3 is 2.00 bits per heavy atom. The molecule has 3 atom stereocenters. The largest absolute Gasteiger partial charge is 0.756 e. The van der Waals surface area contributed by atoms with Crippen LogP contribution in [0.3, 0.4) is 0 Å². The van der Waals surface area contributed by atoms with Crippen LogP contribution < -0.4 is 4.89 Å². The molecule has 0 aromatic heterocycles. The average Bonchev–Trinajstić information content (AvgIpc) is 2.70. The first kappa shape index (κ1) is 28.6. The summed E-state index contributed by atoms with van der Waals surface area (Å²) in [5, 5.41) is 0. The minimum absolute atomic E-state index is 0.168. The Bertz CT molecular complexity index is 650. The Balaban J connectivity index is 1.39. The summed E-state index contributed by atoms with van der Waals surface area (Å²) >= 11 is 0. The number of hydrogen-bond acceptors (Lipinski definition) is 5. The van der Waals surface area contributed by atoms with Crippen LogP contribution >= 0.6 is 7.82 Å². The molecule has 4 rings (SSSR count). The second-order valence-corrected chi connectivity index (χ2v) is 14.4. The number of likely N-dealkylation sites (N-methyl/N-ethyl adjacent to an activating group) is 1. The van der Waals surface area contributed by atoms with E-state index in [4.69, 9.17) is 13.8 Å². The normalized spacial score (nSPS) is 32.3. The molecule has 3 unspecified atom stereocenters. The van der Waals surface area contributed by atoms with E-state index in [0.717, 1.165) is 31.5 Å². The van der Waals surface area contributed by atoms with Crippen LogP contribution in [0.1, 0.15) is 96.8 Å². The van der Waals surface area contributed by atoms with E-state index in [1.54, 1.807) is 0 Å². The van der Waals surface area contributed by atoms with E-state index in [9.17, 15) is 9.46 Å². The molecule has 0 radical (unpaired) electrons. The van der Waals surface area contributed by atoms with E-state index in [0.29, 0.717) is 16.4 Å². The highest BCUT2D eigenvalue weighted by molar-refractivity contribution is 7.45. The van der Waals surface area contributed by atoms with Crippen LogP contribution in [0, 0.1) is 22.7 Å². The number of hydrogen-bond donors (Lipinski definition) is 0. The van der Waals surface area contributed by atoms with Crippen molar-refractivity contribution in [2.24, 2.45) is 22.7 Å². The van der Waals surface area contributed by atoms with Crippen LogP contribution in [-0.4, -0.2) is 58.6 Å². The Hall–Kier alpha value is 0.0300. The number of phosphoric acid groups is 1. The van der Waals surface area contributed by atoms with Gasteiger partial charge in [-0.2, -0.15) is 0 Å². The summed E-state index contributed by atoms with van der Waals surface area (Å²) < 4.78 is 29.4. The number of phosphoric ester groups is 1. The zero-order valence-electron chi connectivity index (χ0n) is 22.5. The maximum atomic E-state index is 12.2. The first-order chi connectivity index (χ1) is 16.0. The van der Waals surface area contributed by atoms with E-state index in [-0.39, 0.29) is 18.6 Å². The molecule has 4 aliphatic rings. The zero-order valence-corrected chi connectivity index (χ0v) is 23.4. The molecule has 0 aromatic carbocycles. The molecule has 7 heteroatoms. The predicted octanol–water partition coefficient (Wildman–Crippen LogP) is 5.94. The van der Waals surface area contributed by atoms with Crippen LogP contribution in [0.15, 0.2) is 0 Å². The SMILES string of the molecule is CCCCCCCCOCCC12CC3CC(C1)CC(CCOP(=O)([O-])OCC[N+](C)(C)C)(C3)C2. The summed E-state index contributed by atoms with van der Waals surface area (Å²) in [7, 11) is 1.83. The topological polar surface area (TPSA) is 67.8 Å². The van der Waals surface area contributed by atoms with Crippen molar-refractivity contribution in [3.8, 4) is 0 Å². The molecule has 0 aliphatic heterocycles. The van der Waals surface area contributed by atoms with Crippen molar-refractivity contribution in [1.82, 2.24) is 0 Å². The third-order valence-corrected chi connectivity index (χ3v) is 9.61. The van der Waals surface area contributed by atoms with E-state index in [1.165, 1.54) is 83.5 Å². The van der Waals surface area contributed by atoms with Gasteiger partial charge in [-0.3, -0.25) is 4.57 Å². The maximum Gasteiger partial charge on any atom is 0.268 e. The molecular weight excluding hydrogens is 449 g/mol. The highest BCUT2D eigenvalue weighted by Gasteiger charge is 2.56. The smallest absolute Gasteiger partial charge is 0.268 e. The van der Waals surface area contributed by atoms with Crippen molar-refractivity contribution in [1.29, 1.82) is 0 Å². The molecule has 0 spiro atoms. The van der Waals surface area contributed by atoms with Crippen molar-refractivity contribution in [2.45, 2.75) is 96.8 Å². The molecule has 4 aliphatic carbocycles. The summed E-state index contributed by atoms with van der Waals surface area (Å²) in [6, 6.07) is 0. The lowest BCUT2D eigenvalue weighted by Crippen LogP contribution is -2.52. The Kier molecular flexibility index (Phi) is 10.5. The van der Waals surface area contributed by atoms with Gasteiger partial charge in [0.25, 0.3) is 7.82 Å². The monoisotopic (exact) mass is 501 g/mol. The lowest BCUT2D eigenvalue weighted by atomic mass is 9.43. The fourth-order valence-electron chi connectivity index (χ4n) is 7.45. The van der Waals surface area contributed by atoms with Crippen LogP contribution in [0.25, 0.3) is 0 Å². The second kappa shape index (κ2) is 12.5. The van der Waals surface area contributed by atoms with E-state index < -0.39 is 7.82 Å². The molecule has 0 aromatic rings. The number of unbranched alkanes of at least 4 members (excludes halogenated alkanes) is 5. The minimum atomic E-state index is -4.22. The third-order valence-electron chi connectivity index (χ3n) is 8.62. The van der Waals surface area contributed by atoms with Gasteiger partial charge < -0.3 is 23.2 Å². The fourth-order valence-corrected chi connectivity index (χ4v) is 8.14. The molecule has 0 amide bonds. The van der Waals surface area contributed by atoms with Crippen LogP contribution in [0.4, 0.5) is 0 Å². The van der Waals surface area contributed by atoms with Gasteiger partial charge in [0.15, 0.2) is 0 Å². The lowest BCUT2D eigenvalue weighted by molar-refractivity contribution is -0.870. The molecule has 6 nitrogen and oxygen atoms in total. The van der Waals surface area contributed by atoms with E-state index in [2.05, 4.69) is 6.92 Å². The molecule has 0 N–H and O–H groups in total. The third kappa shape index (κ3) is 9.16.